The molecule has 5 heteroatoms. The zero-order chi connectivity index (χ0) is 13.5. The van der Waals surface area contributed by atoms with Gasteiger partial charge in [-0.1, -0.05) is 19.1 Å². The predicted molar refractivity (Wildman–Crippen MR) is 76.0 cm³/mol. The number of aryl methyl sites for hydroxylation is 1. The van der Waals surface area contributed by atoms with Crippen molar-refractivity contribution in [2.45, 2.75) is 26.2 Å². The first-order chi connectivity index (χ1) is 9.28. The largest absolute Gasteiger partial charge is 0.317 e. The van der Waals surface area contributed by atoms with Crippen molar-refractivity contribution in [1.29, 1.82) is 0 Å². The monoisotopic (exact) mass is 279 g/mol. The highest BCUT2D eigenvalue weighted by Crippen LogP contribution is 2.16. The Bertz CT molecular complexity index is 496. The molecule has 2 aromatic rings. The number of halogens is 1. The van der Waals surface area contributed by atoms with E-state index in [0.29, 0.717) is 0 Å². The molecule has 1 N–H and O–H groups in total. The lowest BCUT2D eigenvalue weighted by Crippen LogP contribution is -2.14. The lowest BCUT2D eigenvalue weighted by molar-refractivity contribution is 0.627. The maximum Gasteiger partial charge on any atom is 0.123 e. The van der Waals surface area contributed by atoms with Crippen molar-refractivity contribution < 1.29 is 4.39 Å². The zero-order valence-corrected chi connectivity index (χ0v) is 11.8. The van der Waals surface area contributed by atoms with E-state index in [1.165, 1.54) is 12.1 Å². The van der Waals surface area contributed by atoms with Crippen LogP contribution >= 0.6 is 11.3 Å². The third-order valence-corrected chi connectivity index (χ3v) is 3.75. The summed E-state index contributed by atoms with van der Waals surface area (Å²) in [7, 11) is 0. The van der Waals surface area contributed by atoms with Crippen LogP contribution in [0.3, 0.4) is 0 Å². The summed E-state index contributed by atoms with van der Waals surface area (Å²) < 4.78 is 12.8. The normalized spacial score (nSPS) is 10.8. The van der Waals surface area contributed by atoms with Crippen LogP contribution in [0, 0.1) is 5.82 Å². The van der Waals surface area contributed by atoms with Gasteiger partial charge in [0.1, 0.15) is 15.8 Å². The van der Waals surface area contributed by atoms with E-state index in [4.69, 9.17) is 0 Å². The average Bonchev–Trinajstić information content (AvgIpc) is 2.85. The Kier molecular flexibility index (Phi) is 5.42. The molecule has 0 aliphatic rings. The van der Waals surface area contributed by atoms with Gasteiger partial charge in [-0.15, -0.1) is 21.5 Å². The molecule has 102 valence electrons. The zero-order valence-electron chi connectivity index (χ0n) is 11.0. The first-order valence-corrected chi connectivity index (χ1v) is 7.36. The van der Waals surface area contributed by atoms with Crippen LogP contribution in [-0.4, -0.2) is 23.3 Å². The summed E-state index contributed by atoms with van der Waals surface area (Å²) in [5, 5.41) is 13.7. The summed E-state index contributed by atoms with van der Waals surface area (Å²) in [6.45, 7) is 4.13. The van der Waals surface area contributed by atoms with Crippen molar-refractivity contribution in [2.24, 2.45) is 0 Å². The van der Waals surface area contributed by atoms with Crippen LogP contribution in [0.25, 0.3) is 0 Å². The summed E-state index contributed by atoms with van der Waals surface area (Å²) >= 11 is 1.65. The Morgan fingerprint density at radius 3 is 2.63 bits per heavy atom. The molecule has 3 nitrogen and oxygen atoms in total. The number of rotatable bonds is 7. The van der Waals surface area contributed by atoms with Gasteiger partial charge in [-0.25, -0.2) is 4.39 Å². The summed E-state index contributed by atoms with van der Waals surface area (Å²) in [6.07, 6.45) is 2.78. The van der Waals surface area contributed by atoms with E-state index < -0.39 is 0 Å². The molecule has 0 aliphatic heterocycles. The first kappa shape index (κ1) is 14.1. The highest BCUT2D eigenvalue weighted by Gasteiger charge is 2.05. The summed E-state index contributed by atoms with van der Waals surface area (Å²) in [5.74, 6) is -0.204. The lowest BCUT2D eigenvalue weighted by Gasteiger charge is -1.98. The fourth-order valence-corrected chi connectivity index (χ4v) is 2.70. The predicted octanol–water partition coefficient (Wildman–Crippen LogP) is 2.81. The Labute approximate surface area is 116 Å². The Morgan fingerprint density at radius 2 is 1.89 bits per heavy atom. The van der Waals surface area contributed by atoms with Crippen molar-refractivity contribution in [3.8, 4) is 0 Å². The van der Waals surface area contributed by atoms with Crippen molar-refractivity contribution in [1.82, 2.24) is 15.5 Å². The molecule has 0 bridgehead atoms. The topological polar surface area (TPSA) is 37.8 Å². The number of hydrogen-bond acceptors (Lipinski definition) is 4. The molecule has 0 saturated carbocycles. The standard InChI is InChI=1S/C14H18FN3S/c1-2-16-9-3-4-13-17-18-14(19-13)10-11-5-7-12(15)8-6-11/h5-8,16H,2-4,9-10H2,1H3. The molecule has 19 heavy (non-hydrogen) atoms. The van der Waals surface area contributed by atoms with Gasteiger partial charge in [0, 0.05) is 12.8 Å². The van der Waals surface area contributed by atoms with E-state index in [-0.39, 0.29) is 5.82 Å². The van der Waals surface area contributed by atoms with Crippen LogP contribution in [-0.2, 0) is 12.8 Å². The fraction of sp³-hybridized carbons (Fsp3) is 0.429. The third kappa shape index (κ3) is 4.69. The second-order valence-corrected chi connectivity index (χ2v) is 5.50. The molecule has 0 aliphatic carbocycles. The van der Waals surface area contributed by atoms with Crippen LogP contribution < -0.4 is 5.32 Å². The van der Waals surface area contributed by atoms with E-state index in [0.717, 1.165) is 47.9 Å². The smallest absolute Gasteiger partial charge is 0.123 e. The number of aromatic nitrogens is 2. The van der Waals surface area contributed by atoms with E-state index in [1.807, 2.05) is 0 Å². The molecule has 1 aromatic heterocycles. The van der Waals surface area contributed by atoms with Gasteiger partial charge in [-0.2, -0.15) is 0 Å². The molecule has 1 aromatic carbocycles. The van der Waals surface area contributed by atoms with Gasteiger partial charge >= 0.3 is 0 Å². The van der Waals surface area contributed by atoms with Gasteiger partial charge < -0.3 is 5.32 Å². The third-order valence-electron chi connectivity index (χ3n) is 2.77. The van der Waals surface area contributed by atoms with Crippen molar-refractivity contribution in [3.05, 3.63) is 45.7 Å². The van der Waals surface area contributed by atoms with Gasteiger partial charge in [-0.05, 0) is 37.2 Å². The number of nitrogens with zero attached hydrogens (tertiary/aromatic N) is 2. The summed E-state index contributed by atoms with van der Waals surface area (Å²) in [6, 6.07) is 6.55. The Balaban J connectivity index is 1.85. The van der Waals surface area contributed by atoms with E-state index >= 15 is 0 Å². The van der Waals surface area contributed by atoms with E-state index in [2.05, 4.69) is 22.4 Å². The van der Waals surface area contributed by atoms with Crippen molar-refractivity contribution in [2.75, 3.05) is 13.1 Å². The molecular formula is C14H18FN3S. The SMILES string of the molecule is CCNCCCc1nnc(Cc2ccc(F)cc2)s1. The van der Waals surface area contributed by atoms with E-state index in [9.17, 15) is 4.39 Å². The number of benzene rings is 1. The van der Waals surface area contributed by atoms with Crippen molar-refractivity contribution in [3.63, 3.8) is 0 Å². The van der Waals surface area contributed by atoms with Crippen LogP contribution in [0.5, 0.6) is 0 Å². The molecule has 0 radical (unpaired) electrons. The van der Waals surface area contributed by atoms with Crippen LogP contribution in [0.4, 0.5) is 4.39 Å². The quantitative estimate of drug-likeness (QED) is 0.792. The van der Waals surface area contributed by atoms with Gasteiger partial charge in [0.15, 0.2) is 0 Å². The molecule has 0 spiro atoms. The molecule has 0 amide bonds. The van der Waals surface area contributed by atoms with Gasteiger partial charge in [0.2, 0.25) is 0 Å². The highest BCUT2D eigenvalue weighted by molar-refractivity contribution is 7.11. The van der Waals surface area contributed by atoms with Gasteiger partial charge in [0.05, 0.1) is 0 Å². The van der Waals surface area contributed by atoms with Crippen LogP contribution in [0.1, 0.15) is 28.9 Å². The van der Waals surface area contributed by atoms with Crippen LogP contribution in [0.2, 0.25) is 0 Å². The maximum absolute atomic E-state index is 12.8. The van der Waals surface area contributed by atoms with E-state index in [1.54, 1.807) is 23.5 Å². The van der Waals surface area contributed by atoms with Gasteiger partial charge in [0.25, 0.3) is 0 Å². The molecule has 1 heterocycles. The average molecular weight is 279 g/mol. The number of nitrogens with one attached hydrogen (secondary N) is 1. The number of hydrogen-bond donors (Lipinski definition) is 1. The van der Waals surface area contributed by atoms with Gasteiger partial charge in [-0.3, -0.25) is 0 Å². The highest BCUT2D eigenvalue weighted by atomic mass is 32.1. The molecule has 0 atom stereocenters. The Hall–Kier alpha value is -1.33. The first-order valence-electron chi connectivity index (χ1n) is 6.54. The summed E-state index contributed by atoms with van der Waals surface area (Å²) in [4.78, 5) is 0. The minimum absolute atomic E-state index is 0.204. The summed E-state index contributed by atoms with van der Waals surface area (Å²) in [5.41, 5.74) is 1.07. The van der Waals surface area contributed by atoms with Crippen LogP contribution in [0.15, 0.2) is 24.3 Å². The Morgan fingerprint density at radius 1 is 1.16 bits per heavy atom. The molecule has 2 rings (SSSR count). The second-order valence-electron chi connectivity index (χ2n) is 4.35. The fourth-order valence-electron chi connectivity index (χ4n) is 1.78. The molecule has 0 unspecified atom stereocenters. The molecular weight excluding hydrogens is 261 g/mol. The minimum Gasteiger partial charge on any atom is -0.317 e. The van der Waals surface area contributed by atoms with Crippen molar-refractivity contribution >= 4 is 11.3 Å². The maximum atomic E-state index is 12.8. The molecule has 0 saturated heterocycles. The minimum atomic E-state index is -0.204. The second kappa shape index (κ2) is 7.31. The molecule has 0 fully saturated rings. The lowest BCUT2D eigenvalue weighted by atomic mass is 10.2.